The van der Waals surface area contributed by atoms with Gasteiger partial charge in [-0.25, -0.2) is 13.1 Å². The number of nitrogens with one attached hydrogen (secondary N) is 1. The second-order valence-corrected chi connectivity index (χ2v) is 9.94. The molecule has 8 heteroatoms. The van der Waals surface area contributed by atoms with Crippen LogP contribution in [0.15, 0.2) is 38.3 Å². The number of hydrogen-bond donors (Lipinski definition) is 2. The third-order valence-corrected chi connectivity index (χ3v) is 7.44. The van der Waals surface area contributed by atoms with Crippen LogP contribution in [0, 0.1) is 0 Å². The largest absolute Gasteiger partial charge is 0.387 e. The number of anilines is 1. The lowest BCUT2D eigenvalue weighted by molar-refractivity contribution is 0.182. The number of aliphatic hydroxyl groups excluding tert-OH is 1. The van der Waals surface area contributed by atoms with Gasteiger partial charge >= 0.3 is 0 Å². The molecule has 1 aliphatic rings. The maximum absolute atomic E-state index is 12.2. The van der Waals surface area contributed by atoms with Crippen LogP contribution in [0.5, 0.6) is 0 Å². The Morgan fingerprint density at radius 1 is 1.39 bits per heavy atom. The number of benzene rings is 1. The lowest BCUT2D eigenvalue weighted by atomic mass is 10.0. The van der Waals surface area contributed by atoms with Gasteiger partial charge in [-0.05, 0) is 51.7 Å². The molecule has 0 radical (unpaired) electrons. The molecular formula is C15H17BrN2O3S2. The van der Waals surface area contributed by atoms with Gasteiger partial charge in [-0.3, -0.25) is 0 Å². The lowest BCUT2D eigenvalue weighted by Gasteiger charge is -2.15. The van der Waals surface area contributed by atoms with E-state index in [1.165, 1.54) is 17.3 Å². The first-order chi connectivity index (χ1) is 10.9. The highest BCUT2D eigenvalue weighted by Crippen LogP contribution is 2.30. The molecule has 1 aromatic carbocycles. The van der Waals surface area contributed by atoms with Crippen LogP contribution in [-0.4, -0.2) is 33.7 Å². The van der Waals surface area contributed by atoms with E-state index in [0.29, 0.717) is 0 Å². The molecule has 2 heterocycles. The van der Waals surface area contributed by atoms with Crippen molar-refractivity contribution in [1.29, 1.82) is 0 Å². The molecule has 0 unspecified atom stereocenters. The van der Waals surface area contributed by atoms with Crippen molar-refractivity contribution in [2.75, 3.05) is 25.0 Å². The minimum Gasteiger partial charge on any atom is -0.387 e. The van der Waals surface area contributed by atoms with E-state index < -0.39 is 16.1 Å². The van der Waals surface area contributed by atoms with Crippen LogP contribution >= 0.6 is 27.3 Å². The number of fused-ring (bicyclic) bond motifs is 1. The van der Waals surface area contributed by atoms with E-state index in [9.17, 15) is 13.5 Å². The summed E-state index contributed by atoms with van der Waals surface area (Å²) in [6, 6.07) is 9.01. The number of likely N-dealkylation sites (N-methyl/N-ethyl adjacent to an activating group) is 1. The predicted octanol–water partition coefficient (Wildman–Crippen LogP) is 2.51. The molecule has 1 atom stereocenters. The monoisotopic (exact) mass is 416 g/mol. The first-order valence-electron chi connectivity index (χ1n) is 7.14. The van der Waals surface area contributed by atoms with Gasteiger partial charge in [0, 0.05) is 25.8 Å². The summed E-state index contributed by atoms with van der Waals surface area (Å²) in [6.45, 7) is 0.918. The third-order valence-electron chi connectivity index (χ3n) is 3.90. The second kappa shape index (κ2) is 6.52. The van der Waals surface area contributed by atoms with Gasteiger partial charge < -0.3 is 10.0 Å². The van der Waals surface area contributed by atoms with E-state index in [1.54, 1.807) is 6.07 Å². The van der Waals surface area contributed by atoms with Gasteiger partial charge in [0.1, 0.15) is 4.21 Å². The molecule has 2 N–H and O–H groups in total. The van der Waals surface area contributed by atoms with Crippen molar-refractivity contribution in [2.45, 2.75) is 16.7 Å². The zero-order valence-corrected chi connectivity index (χ0v) is 15.7. The van der Waals surface area contributed by atoms with Gasteiger partial charge in [0.05, 0.1) is 9.89 Å². The molecular weight excluding hydrogens is 400 g/mol. The fourth-order valence-corrected chi connectivity index (χ4v) is 5.71. The fourth-order valence-electron chi connectivity index (χ4n) is 2.61. The molecule has 0 fully saturated rings. The summed E-state index contributed by atoms with van der Waals surface area (Å²) in [7, 11) is -1.56. The summed E-state index contributed by atoms with van der Waals surface area (Å²) in [4.78, 5) is 2.17. The fraction of sp³-hybridized carbons (Fsp3) is 0.333. The van der Waals surface area contributed by atoms with Crippen molar-refractivity contribution in [1.82, 2.24) is 4.72 Å². The predicted molar refractivity (Wildman–Crippen MR) is 95.6 cm³/mol. The summed E-state index contributed by atoms with van der Waals surface area (Å²) in [5.41, 5.74) is 3.09. The standard InChI is InChI=1S/C15H17BrN2O3S2/c1-18-7-6-10-8-11(2-3-12(10)18)13(19)9-17-23(20,21)15-5-4-14(16)22-15/h2-5,8,13,17,19H,6-7,9H2,1H3/t13-/m1/s1. The van der Waals surface area contributed by atoms with Crippen molar-refractivity contribution >= 4 is 43.0 Å². The number of nitrogens with zero attached hydrogens (tertiary/aromatic N) is 1. The van der Waals surface area contributed by atoms with Crippen LogP contribution < -0.4 is 9.62 Å². The van der Waals surface area contributed by atoms with E-state index in [-0.39, 0.29) is 10.8 Å². The van der Waals surface area contributed by atoms with Gasteiger partial charge in [-0.2, -0.15) is 0 Å². The molecule has 3 rings (SSSR count). The molecule has 0 spiro atoms. The van der Waals surface area contributed by atoms with Crippen molar-refractivity contribution in [3.05, 3.63) is 45.2 Å². The molecule has 0 saturated heterocycles. The maximum Gasteiger partial charge on any atom is 0.250 e. The Kier molecular flexibility index (Phi) is 4.80. The number of rotatable bonds is 5. The number of aliphatic hydroxyl groups is 1. The van der Waals surface area contributed by atoms with Crippen molar-refractivity contribution in [3.8, 4) is 0 Å². The molecule has 1 aromatic heterocycles. The smallest absolute Gasteiger partial charge is 0.250 e. The molecule has 2 aromatic rings. The first-order valence-corrected chi connectivity index (χ1v) is 10.2. The quantitative estimate of drug-likeness (QED) is 0.785. The Hall–Kier alpha value is -0.930. The van der Waals surface area contributed by atoms with Crippen molar-refractivity contribution in [3.63, 3.8) is 0 Å². The SMILES string of the molecule is CN1CCc2cc([C@H](O)CNS(=O)(=O)c3ccc(Br)s3)ccc21. The molecule has 5 nitrogen and oxygen atoms in total. The van der Waals surface area contributed by atoms with E-state index in [2.05, 4.69) is 25.6 Å². The van der Waals surface area contributed by atoms with E-state index in [4.69, 9.17) is 0 Å². The maximum atomic E-state index is 12.2. The van der Waals surface area contributed by atoms with Gasteiger partial charge in [-0.15, -0.1) is 11.3 Å². The van der Waals surface area contributed by atoms with Crippen LogP contribution in [-0.2, 0) is 16.4 Å². The molecule has 0 saturated carbocycles. The molecule has 23 heavy (non-hydrogen) atoms. The Morgan fingerprint density at radius 3 is 2.87 bits per heavy atom. The Labute approximate surface area is 148 Å². The first kappa shape index (κ1) is 16.9. The minimum absolute atomic E-state index is 0.0491. The molecule has 0 aliphatic carbocycles. The summed E-state index contributed by atoms with van der Waals surface area (Å²) in [5, 5.41) is 10.3. The summed E-state index contributed by atoms with van der Waals surface area (Å²) in [5.74, 6) is 0. The van der Waals surface area contributed by atoms with Crippen molar-refractivity contribution in [2.24, 2.45) is 0 Å². The summed E-state index contributed by atoms with van der Waals surface area (Å²) >= 11 is 4.39. The topological polar surface area (TPSA) is 69.6 Å². The van der Waals surface area contributed by atoms with Crippen LogP contribution in [0.3, 0.4) is 0 Å². The lowest BCUT2D eigenvalue weighted by Crippen LogP contribution is -2.28. The average molecular weight is 417 g/mol. The third kappa shape index (κ3) is 3.61. The van der Waals surface area contributed by atoms with Gasteiger partial charge in [0.2, 0.25) is 10.0 Å². The number of halogens is 1. The highest BCUT2D eigenvalue weighted by molar-refractivity contribution is 9.11. The Morgan fingerprint density at radius 2 is 2.17 bits per heavy atom. The molecule has 1 aliphatic heterocycles. The number of thiophene rings is 1. The summed E-state index contributed by atoms with van der Waals surface area (Å²) in [6.07, 6.45) is 0.0748. The summed E-state index contributed by atoms with van der Waals surface area (Å²) < 4.78 is 27.8. The van der Waals surface area contributed by atoms with Crippen LogP contribution in [0.25, 0.3) is 0 Å². The van der Waals surface area contributed by atoms with Crippen molar-refractivity contribution < 1.29 is 13.5 Å². The second-order valence-electron chi connectivity index (χ2n) is 5.49. The number of hydrogen-bond acceptors (Lipinski definition) is 5. The van der Waals surface area contributed by atoms with Crippen LogP contribution in [0.4, 0.5) is 5.69 Å². The van der Waals surface area contributed by atoms with E-state index in [0.717, 1.165) is 33.7 Å². The zero-order chi connectivity index (χ0) is 16.6. The Balaban J connectivity index is 1.69. The van der Waals surface area contributed by atoms with Gasteiger partial charge in [0.25, 0.3) is 0 Å². The highest BCUT2D eigenvalue weighted by atomic mass is 79.9. The molecule has 0 amide bonds. The van der Waals surface area contributed by atoms with Crippen LogP contribution in [0.1, 0.15) is 17.2 Å². The minimum atomic E-state index is -3.59. The zero-order valence-electron chi connectivity index (χ0n) is 12.5. The van der Waals surface area contributed by atoms with Gasteiger partial charge in [-0.1, -0.05) is 12.1 Å². The van der Waals surface area contributed by atoms with E-state index in [1.807, 2.05) is 25.2 Å². The normalized spacial score (nSPS) is 15.7. The van der Waals surface area contributed by atoms with E-state index >= 15 is 0 Å². The molecule has 0 bridgehead atoms. The average Bonchev–Trinajstić information content (AvgIpc) is 3.12. The number of sulfonamides is 1. The van der Waals surface area contributed by atoms with Gasteiger partial charge in [0.15, 0.2) is 0 Å². The Bertz CT molecular complexity index is 820. The highest BCUT2D eigenvalue weighted by Gasteiger charge is 2.21. The van der Waals surface area contributed by atoms with Crippen LogP contribution in [0.2, 0.25) is 0 Å². The molecule has 124 valence electrons.